The molecule has 0 spiro atoms. The van der Waals surface area contributed by atoms with Crippen molar-refractivity contribution in [3.05, 3.63) is 34.7 Å². The van der Waals surface area contributed by atoms with Gasteiger partial charge in [-0.15, -0.1) is 4.91 Å². The van der Waals surface area contributed by atoms with Crippen LogP contribution in [-0.2, 0) is 0 Å². The van der Waals surface area contributed by atoms with Crippen molar-refractivity contribution in [2.45, 2.75) is 0 Å². The van der Waals surface area contributed by atoms with E-state index in [9.17, 15) is 9.70 Å². The van der Waals surface area contributed by atoms with Crippen molar-refractivity contribution >= 4 is 32.1 Å². The molecule has 0 atom stereocenters. The first-order valence-corrected chi connectivity index (χ1v) is 3.95. The highest BCUT2D eigenvalue weighted by Gasteiger charge is 2.00. The third-order valence-corrected chi connectivity index (χ3v) is 1.80. The van der Waals surface area contributed by atoms with Gasteiger partial charge in [0, 0.05) is 28.2 Å². The van der Waals surface area contributed by atoms with Gasteiger partial charge in [0.05, 0.1) is 0 Å². The van der Waals surface area contributed by atoms with Gasteiger partial charge in [-0.1, -0.05) is 12.1 Å². The van der Waals surface area contributed by atoms with Gasteiger partial charge in [-0.05, 0) is 17.3 Å². The van der Waals surface area contributed by atoms with Crippen LogP contribution in [0.5, 0.6) is 0 Å². The Morgan fingerprint density at radius 2 is 2.18 bits per heavy atom. The van der Waals surface area contributed by atoms with Gasteiger partial charge in [0.15, 0.2) is 0 Å². The minimum Gasteiger partial charge on any atom is -0.282 e. The Balaban J connectivity index is 3.10. The molecule has 56 valence electrons. The van der Waals surface area contributed by atoms with E-state index in [4.69, 9.17) is 0 Å². The summed E-state index contributed by atoms with van der Waals surface area (Å²) in [4.78, 5) is 20.8. The smallest absolute Gasteiger partial charge is 0.222 e. The zero-order chi connectivity index (χ0) is 8.27. The van der Waals surface area contributed by atoms with Crippen molar-refractivity contribution in [2.24, 2.45) is 5.18 Å². The summed E-state index contributed by atoms with van der Waals surface area (Å²) < 4.78 is -0.0897. The van der Waals surface area contributed by atoms with E-state index in [2.05, 4.69) is 5.18 Å². The molecule has 0 fully saturated rings. The first kappa shape index (κ1) is 8.32. The minimum absolute atomic E-state index is 0.0897. The van der Waals surface area contributed by atoms with Crippen LogP contribution in [0.1, 0.15) is 10.4 Å². The Hall–Kier alpha value is -0.780. The monoisotopic (exact) mass is 261 g/mol. The lowest BCUT2D eigenvalue weighted by atomic mass is 10.2. The fourth-order valence-electron chi connectivity index (χ4n) is 0.685. The molecule has 1 aromatic rings. The topological polar surface area (TPSA) is 46.5 Å². The molecule has 11 heavy (non-hydrogen) atoms. The Kier molecular flexibility index (Phi) is 2.70. The summed E-state index contributed by atoms with van der Waals surface area (Å²) in [6.07, 6.45) is 0. The zero-order valence-electron chi connectivity index (χ0n) is 5.45. The van der Waals surface area contributed by atoms with Crippen molar-refractivity contribution in [1.29, 1.82) is 0 Å². The van der Waals surface area contributed by atoms with E-state index in [1.165, 1.54) is 6.07 Å². The molecule has 0 N–H and O–H groups in total. The Labute approximate surface area is 76.9 Å². The molecule has 4 heteroatoms. The number of rotatable bonds is 2. The largest absolute Gasteiger partial charge is 0.282 e. The number of hydrogen-bond donors (Lipinski definition) is 0. The molecule has 0 saturated carbocycles. The van der Waals surface area contributed by atoms with Gasteiger partial charge in [0.25, 0.3) is 0 Å². The molecule has 0 bridgehead atoms. The van der Waals surface area contributed by atoms with Crippen LogP contribution in [0.3, 0.4) is 0 Å². The van der Waals surface area contributed by atoms with Gasteiger partial charge in [0.2, 0.25) is 3.79 Å². The van der Waals surface area contributed by atoms with E-state index >= 15 is 0 Å². The van der Waals surface area contributed by atoms with Gasteiger partial charge in [-0.25, -0.2) is 0 Å². The zero-order valence-corrected chi connectivity index (χ0v) is 7.61. The molecule has 0 aromatic heterocycles. The maximum Gasteiger partial charge on any atom is 0.222 e. The van der Waals surface area contributed by atoms with Crippen LogP contribution in [0.2, 0.25) is 0 Å². The molecule has 0 aliphatic heterocycles. The second-order valence-corrected chi connectivity index (χ2v) is 2.90. The van der Waals surface area contributed by atoms with Crippen LogP contribution in [0.15, 0.2) is 29.4 Å². The summed E-state index contributed by atoms with van der Waals surface area (Å²) in [5.41, 5.74) is 0.787. The van der Waals surface area contributed by atoms with Gasteiger partial charge >= 0.3 is 0 Å². The lowest BCUT2D eigenvalue weighted by Gasteiger charge is -1.92. The molecule has 0 aliphatic carbocycles. The Morgan fingerprint density at radius 3 is 2.73 bits per heavy atom. The first-order valence-electron chi connectivity index (χ1n) is 2.87. The van der Waals surface area contributed by atoms with Crippen LogP contribution in [0.4, 0.5) is 5.69 Å². The molecule has 0 heterocycles. The van der Waals surface area contributed by atoms with E-state index in [1.807, 2.05) is 0 Å². The predicted octanol–water partition coefficient (Wildman–Crippen LogP) is 2.66. The minimum atomic E-state index is -0.0897. The second-order valence-electron chi connectivity index (χ2n) is 1.92. The SMILES string of the molecule is O=Nc1cccc(C(=O)I)c1. The average molecular weight is 261 g/mol. The van der Waals surface area contributed by atoms with E-state index in [0.29, 0.717) is 5.56 Å². The molecular formula is C7H4INO2. The summed E-state index contributed by atoms with van der Waals surface area (Å²) >= 11 is 1.66. The molecule has 0 amide bonds. The van der Waals surface area contributed by atoms with Gasteiger partial charge in [-0.2, -0.15) is 0 Å². The van der Waals surface area contributed by atoms with Crippen LogP contribution >= 0.6 is 22.6 Å². The van der Waals surface area contributed by atoms with Crippen molar-refractivity contribution < 1.29 is 4.79 Å². The van der Waals surface area contributed by atoms with Crippen molar-refractivity contribution in [2.75, 3.05) is 0 Å². The standard InChI is InChI=1S/C7H4INO2/c8-7(10)5-2-1-3-6(4-5)9-11/h1-4H. The lowest BCUT2D eigenvalue weighted by molar-refractivity contribution is 0.110. The number of nitroso groups, excluding NO2 is 1. The molecule has 1 aromatic carbocycles. The van der Waals surface area contributed by atoms with E-state index in [-0.39, 0.29) is 9.48 Å². The molecule has 3 nitrogen and oxygen atoms in total. The molecule has 1 rings (SSSR count). The molecule has 0 aliphatic rings. The third-order valence-electron chi connectivity index (χ3n) is 1.18. The number of nitrogens with zero attached hydrogens (tertiary/aromatic N) is 1. The first-order chi connectivity index (χ1) is 5.24. The summed E-state index contributed by atoms with van der Waals surface area (Å²) in [7, 11) is 0. The number of hydrogen-bond acceptors (Lipinski definition) is 3. The highest BCUT2D eigenvalue weighted by molar-refractivity contribution is 14.1. The second kappa shape index (κ2) is 3.56. The fourth-order valence-corrected chi connectivity index (χ4v) is 1.02. The van der Waals surface area contributed by atoms with Crippen LogP contribution < -0.4 is 0 Å². The summed E-state index contributed by atoms with van der Waals surface area (Å²) in [5, 5.41) is 2.71. The Bertz CT molecular complexity index is 298. The van der Waals surface area contributed by atoms with Crippen molar-refractivity contribution in [1.82, 2.24) is 0 Å². The van der Waals surface area contributed by atoms with E-state index < -0.39 is 0 Å². The van der Waals surface area contributed by atoms with Crippen LogP contribution in [0.25, 0.3) is 0 Å². The maximum atomic E-state index is 10.8. The predicted molar refractivity (Wildman–Crippen MR) is 50.2 cm³/mol. The van der Waals surface area contributed by atoms with Gasteiger partial charge in [0.1, 0.15) is 5.69 Å². The van der Waals surface area contributed by atoms with E-state index in [0.717, 1.165) is 0 Å². The molecular weight excluding hydrogens is 257 g/mol. The van der Waals surface area contributed by atoms with Gasteiger partial charge < -0.3 is 0 Å². The molecule has 0 saturated heterocycles. The summed E-state index contributed by atoms with van der Waals surface area (Å²) in [6.45, 7) is 0. The number of halogens is 1. The van der Waals surface area contributed by atoms with Crippen molar-refractivity contribution in [3.8, 4) is 0 Å². The fraction of sp³-hybridized carbons (Fsp3) is 0. The van der Waals surface area contributed by atoms with Gasteiger partial charge in [-0.3, -0.25) is 4.79 Å². The number of benzene rings is 1. The quantitative estimate of drug-likeness (QED) is 0.466. The summed E-state index contributed by atoms with van der Waals surface area (Å²) in [6, 6.07) is 6.28. The van der Waals surface area contributed by atoms with E-state index in [1.54, 1.807) is 40.8 Å². The highest BCUT2D eigenvalue weighted by Crippen LogP contribution is 2.15. The highest BCUT2D eigenvalue weighted by atomic mass is 127. The molecule has 0 unspecified atom stereocenters. The molecule has 0 radical (unpaired) electrons. The van der Waals surface area contributed by atoms with Crippen LogP contribution in [0, 0.1) is 4.91 Å². The lowest BCUT2D eigenvalue weighted by Crippen LogP contribution is -1.84. The van der Waals surface area contributed by atoms with Crippen molar-refractivity contribution in [3.63, 3.8) is 0 Å². The third kappa shape index (κ3) is 2.07. The number of carbonyl (C=O) groups is 1. The normalized spacial score (nSPS) is 9.18. The maximum absolute atomic E-state index is 10.8. The summed E-state index contributed by atoms with van der Waals surface area (Å²) in [5.74, 6) is 0. The Morgan fingerprint density at radius 1 is 1.45 bits per heavy atom. The average Bonchev–Trinajstić information content (AvgIpc) is 2.05. The number of carbonyl (C=O) groups excluding carboxylic acids is 1. The van der Waals surface area contributed by atoms with Crippen LogP contribution in [-0.4, -0.2) is 3.79 Å².